The summed E-state index contributed by atoms with van der Waals surface area (Å²) >= 11 is 6.30. The van der Waals surface area contributed by atoms with E-state index in [0.29, 0.717) is 16.5 Å². The van der Waals surface area contributed by atoms with Crippen LogP contribution in [0.5, 0.6) is 11.5 Å². The van der Waals surface area contributed by atoms with Gasteiger partial charge in [0.05, 0.1) is 31.5 Å². The quantitative estimate of drug-likeness (QED) is 0.891. The second-order valence-corrected chi connectivity index (χ2v) is 5.08. The predicted octanol–water partition coefficient (Wildman–Crippen LogP) is 2.79. The van der Waals surface area contributed by atoms with Gasteiger partial charge in [0.2, 0.25) is 0 Å². The molecule has 2 aromatic rings. The lowest BCUT2D eigenvalue weighted by atomic mass is 10.0. The van der Waals surface area contributed by atoms with Crippen LogP contribution in [0.1, 0.15) is 24.1 Å². The van der Waals surface area contributed by atoms with Crippen LogP contribution in [0.25, 0.3) is 0 Å². The molecule has 1 aromatic carbocycles. The normalized spacial score (nSPS) is 12.2. The highest BCUT2D eigenvalue weighted by Gasteiger charge is 2.19. The lowest BCUT2D eigenvalue weighted by Gasteiger charge is -2.19. The fourth-order valence-electron chi connectivity index (χ4n) is 2.33. The van der Waals surface area contributed by atoms with Crippen molar-refractivity contribution < 1.29 is 9.47 Å². The monoisotopic (exact) mass is 309 g/mol. The summed E-state index contributed by atoms with van der Waals surface area (Å²) in [5, 5.41) is 8.19. The highest BCUT2D eigenvalue weighted by molar-refractivity contribution is 6.32. The van der Waals surface area contributed by atoms with Gasteiger partial charge in [-0.1, -0.05) is 18.5 Å². The number of hydrogen-bond acceptors (Lipinski definition) is 4. The number of nitrogens with one attached hydrogen (secondary N) is 1. The van der Waals surface area contributed by atoms with Crippen LogP contribution in [0, 0.1) is 0 Å². The van der Waals surface area contributed by atoms with Gasteiger partial charge in [0.1, 0.15) is 0 Å². The Morgan fingerprint density at radius 2 is 2.05 bits per heavy atom. The highest BCUT2D eigenvalue weighted by Crippen LogP contribution is 2.38. The highest BCUT2D eigenvalue weighted by atomic mass is 35.5. The van der Waals surface area contributed by atoms with Crippen molar-refractivity contribution in [3.8, 4) is 11.5 Å². The molecule has 0 radical (unpaired) electrons. The van der Waals surface area contributed by atoms with Crippen LogP contribution < -0.4 is 14.8 Å². The first-order chi connectivity index (χ1) is 10.1. The van der Waals surface area contributed by atoms with E-state index in [-0.39, 0.29) is 6.04 Å². The summed E-state index contributed by atoms with van der Waals surface area (Å²) in [5.74, 6) is 1.16. The molecule has 1 N–H and O–H groups in total. The number of benzene rings is 1. The lowest BCUT2D eigenvalue weighted by molar-refractivity contribution is 0.354. The zero-order valence-electron chi connectivity index (χ0n) is 12.7. The topological polar surface area (TPSA) is 48.3 Å². The molecule has 6 heteroatoms. The Kier molecular flexibility index (Phi) is 5.09. The standard InChI is InChI=1S/C15H20ClN3O2/c1-5-17-14(11-8-18-19(2)9-11)10-6-12(16)15(21-4)13(7-10)20-3/h6-9,14,17H,5H2,1-4H3. The zero-order valence-corrected chi connectivity index (χ0v) is 13.4. The van der Waals surface area contributed by atoms with E-state index in [2.05, 4.69) is 17.3 Å². The molecule has 1 aromatic heterocycles. The molecule has 0 amide bonds. The maximum Gasteiger partial charge on any atom is 0.179 e. The van der Waals surface area contributed by atoms with Gasteiger partial charge < -0.3 is 14.8 Å². The minimum Gasteiger partial charge on any atom is -0.493 e. The average molecular weight is 310 g/mol. The third-order valence-electron chi connectivity index (χ3n) is 3.26. The minimum absolute atomic E-state index is 0.000932. The van der Waals surface area contributed by atoms with Crippen molar-refractivity contribution in [2.75, 3.05) is 20.8 Å². The van der Waals surface area contributed by atoms with Gasteiger partial charge >= 0.3 is 0 Å². The summed E-state index contributed by atoms with van der Waals surface area (Å²) in [4.78, 5) is 0. The number of ether oxygens (including phenoxy) is 2. The van der Waals surface area contributed by atoms with Crippen LogP contribution in [0.2, 0.25) is 5.02 Å². The molecule has 0 saturated heterocycles. The van der Waals surface area contributed by atoms with E-state index in [1.54, 1.807) is 18.9 Å². The molecule has 2 rings (SSSR count). The molecule has 1 heterocycles. The molecule has 1 atom stereocenters. The van der Waals surface area contributed by atoms with Gasteiger partial charge in [0.25, 0.3) is 0 Å². The first-order valence-corrected chi connectivity index (χ1v) is 7.11. The van der Waals surface area contributed by atoms with Gasteiger partial charge in [-0.3, -0.25) is 4.68 Å². The van der Waals surface area contributed by atoms with Crippen molar-refractivity contribution in [2.24, 2.45) is 7.05 Å². The number of nitrogens with zero attached hydrogens (tertiary/aromatic N) is 2. The van der Waals surface area contributed by atoms with E-state index in [1.807, 2.05) is 31.6 Å². The Morgan fingerprint density at radius 1 is 1.29 bits per heavy atom. The maximum atomic E-state index is 6.30. The molecular weight excluding hydrogens is 290 g/mol. The molecule has 0 spiro atoms. The molecule has 0 aliphatic heterocycles. The van der Waals surface area contributed by atoms with Crippen molar-refractivity contribution in [3.05, 3.63) is 40.7 Å². The molecule has 0 aliphatic rings. The molecule has 1 unspecified atom stereocenters. The largest absolute Gasteiger partial charge is 0.493 e. The van der Waals surface area contributed by atoms with Crippen molar-refractivity contribution in [1.29, 1.82) is 0 Å². The fourth-order valence-corrected chi connectivity index (χ4v) is 2.62. The number of aryl methyl sites for hydroxylation is 1. The molecule has 0 fully saturated rings. The Balaban J connectivity index is 2.48. The Hall–Kier alpha value is -1.72. The molecule has 0 aliphatic carbocycles. The number of methoxy groups -OCH3 is 2. The Morgan fingerprint density at radius 3 is 2.57 bits per heavy atom. The lowest BCUT2D eigenvalue weighted by Crippen LogP contribution is -2.21. The van der Waals surface area contributed by atoms with E-state index in [1.165, 1.54) is 0 Å². The third kappa shape index (κ3) is 3.31. The van der Waals surface area contributed by atoms with Gasteiger partial charge in [-0.25, -0.2) is 0 Å². The van der Waals surface area contributed by atoms with Gasteiger partial charge in [0, 0.05) is 18.8 Å². The van der Waals surface area contributed by atoms with Crippen molar-refractivity contribution in [1.82, 2.24) is 15.1 Å². The van der Waals surface area contributed by atoms with Crippen LogP contribution >= 0.6 is 11.6 Å². The number of rotatable bonds is 6. The summed E-state index contributed by atoms with van der Waals surface area (Å²) < 4.78 is 12.4. The van der Waals surface area contributed by atoms with Gasteiger partial charge in [-0.05, 0) is 24.2 Å². The number of halogens is 1. The van der Waals surface area contributed by atoms with Crippen LogP contribution in [0.15, 0.2) is 24.5 Å². The smallest absolute Gasteiger partial charge is 0.179 e. The van der Waals surface area contributed by atoms with Crippen molar-refractivity contribution >= 4 is 11.6 Å². The average Bonchev–Trinajstić information content (AvgIpc) is 2.90. The van der Waals surface area contributed by atoms with E-state index in [9.17, 15) is 0 Å². The molecular formula is C15H20ClN3O2. The Bertz CT molecular complexity index is 613. The summed E-state index contributed by atoms with van der Waals surface area (Å²) in [5.41, 5.74) is 2.08. The number of aromatic nitrogens is 2. The number of hydrogen-bond donors (Lipinski definition) is 1. The predicted molar refractivity (Wildman–Crippen MR) is 83.3 cm³/mol. The van der Waals surface area contributed by atoms with E-state index < -0.39 is 0 Å². The second kappa shape index (κ2) is 6.83. The molecule has 5 nitrogen and oxygen atoms in total. The summed E-state index contributed by atoms with van der Waals surface area (Å²) in [6.45, 7) is 2.89. The van der Waals surface area contributed by atoms with E-state index >= 15 is 0 Å². The summed E-state index contributed by atoms with van der Waals surface area (Å²) in [6.07, 6.45) is 3.83. The Labute approximate surface area is 129 Å². The van der Waals surface area contributed by atoms with Crippen LogP contribution in [0.3, 0.4) is 0 Å². The minimum atomic E-state index is 0.000932. The van der Waals surface area contributed by atoms with Gasteiger partial charge in [0.15, 0.2) is 11.5 Å². The second-order valence-electron chi connectivity index (χ2n) is 4.68. The van der Waals surface area contributed by atoms with Gasteiger partial charge in [-0.2, -0.15) is 5.10 Å². The van der Waals surface area contributed by atoms with E-state index in [0.717, 1.165) is 17.7 Å². The zero-order chi connectivity index (χ0) is 15.4. The molecule has 0 bridgehead atoms. The summed E-state index contributed by atoms with van der Waals surface area (Å²) in [6, 6.07) is 3.83. The third-order valence-corrected chi connectivity index (χ3v) is 3.54. The van der Waals surface area contributed by atoms with E-state index in [4.69, 9.17) is 21.1 Å². The summed E-state index contributed by atoms with van der Waals surface area (Å²) in [7, 11) is 5.07. The molecule has 114 valence electrons. The first kappa shape index (κ1) is 15.7. The molecule has 0 saturated carbocycles. The maximum absolute atomic E-state index is 6.30. The van der Waals surface area contributed by atoms with Crippen LogP contribution in [0.4, 0.5) is 0 Å². The molecule has 21 heavy (non-hydrogen) atoms. The van der Waals surface area contributed by atoms with Crippen LogP contribution in [-0.4, -0.2) is 30.5 Å². The van der Waals surface area contributed by atoms with Crippen molar-refractivity contribution in [2.45, 2.75) is 13.0 Å². The first-order valence-electron chi connectivity index (χ1n) is 6.74. The van der Waals surface area contributed by atoms with Crippen molar-refractivity contribution in [3.63, 3.8) is 0 Å². The van der Waals surface area contributed by atoms with Crippen LogP contribution in [-0.2, 0) is 7.05 Å². The fraction of sp³-hybridized carbons (Fsp3) is 0.400. The van der Waals surface area contributed by atoms with Gasteiger partial charge in [-0.15, -0.1) is 0 Å². The SMILES string of the molecule is CCNC(c1cc(Cl)c(OC)c(OC)c1)c1cnn(C)c1.